The third-order valence-electron chi connectivity index (χ3n) is 5.07. The summed E-state index contributed by atoms with van der Waals surface area (Å²) in [5.74, 6) is -0.0199. The van der Waals surface area contributed by atoms with Gasteiger partial charge in [0.05, 0.1) is 6.04 Å². The second-order valence-electron chi connectivity index (χ2n) is 8.85. The lowest BCUT2D eigenvalue weighted by molar-refractivity contribution is -0.134. The molecule has 1 atom stereocenters. The Morgan fingerprint density at radius 3 is 2.52 bits per heavy atom. The fraction of sp³-hybridized carbons (Fsp3) is 0.478. The number of nitrogens with one attached hydrogen (secondary N) is 1. The van der Waals surface area contributed by atoms with Crippen molar-refractivity contribution in [3.05, 3.63) is 57.8 Å². The first-order valence-corrected chi connectivity index (χ1v) is 11.0. The van der Waals surface area contributed by atoms with Crippen LogP contribution in [0.15, 0.2) is 41.8 Å². The molecule has 6 heteroatoms. The summed E-state index contributed by atoms with van der Waals surface area (Å²) in [7, 11) is 0. The van der Waals surface area contributed by atoms with Crippen molar-refractivity contribution in [3.8, 4) is 0 Å². The van der Waals surface area contributed by atoms with Gasteiger partial charge in [0.1, 0.15) is 6.54 Å². The van der Waals surface area contributed by atoms with Gasteiger partial charge in [-0.1, -0.05) is 30.3 Å². The molecular weight excluding hydrogens is 382 g/mol. The first kappa shape index (κ1) is 21.4. The average Bonchev–Trinajstić information content (AvgIpc) is 3.12. The lowest BCUT2D eigenvalue weighted by atomic mass is 9.93. The molecule has 3 rings (SSSR count). The van der Waals surface area contributed by atoms with Crippen LogP contribution in [0.4, 0.5) is 4.79 Å². The molecule has 3 amide bonds. The Hall–Kier alpha value is -2.34. The van der Waals surface area contributed by atoms with Crippen LogP contribution in [0.25, 0.3) is 0 Å². The molecule has 1 N–H and O–H groups in total. The van der Waals surface area contributed by atoms with Gasteiger partial charge in [-0.3, -0.25) is 4.79 Å². The minimum absolute atomic E-state index is 0.0199. The average molecular weight is 414 g/mol. The summed E-state index contributed by atoms with van der Waals surface area (Å²) >= 11 is 1.76. The SMILES string of the molecule is CC(C)N(CC(=O)N1CCc2sccc2[C@@H]1c1ccccc1)C(=O)NC(C)(C)C. The van der Waals surface area contributed by atoms with Crippen LogP contribution >= 0.6 is 11.3 Å². The van der Waals surface area contributed by atoms with E-state index in [0.29, 0.717) is 6.54 Å². The summed E-state index contributed by atoms with van der Waals surface area (Å²) in [4.78, 5) is 31.1. The molecule has 5 nitrogen and oxygen atoms in total. The standard InChI is InChI=1S/C23H31N3O2S/c1-16(2)26(22(28)24-23(3,4)5)15-20(27)25-13-11-19-18(12-14-29-19)21(25)17-9-7-6-8-10-17/h6-10,12,14,16,21H,11,13,15H2,1-5H3,(H,24,28)/t21-/m0/s1. The maximum atomic E-state index is 13.4. The van der Waals surface area contributed by atoms with Gasteiger partial charge in [0.15, 0.2) is 0 Å². The van der Waals surface area contributed by atoms with Crippen molar-refractivity contribution in [2.75, 3.05) is 13.1 Å². The lowest BCUT2D eigenvalue weighted by Gasteiger charge is -2.38. The molecule has 0 radical (unpaired) electrons. The number of carbonyl (C=O) groups is 2. The Balaban J connectivity index is 1.85. The molecule has 2 heterocycles. The molecule has 0 bridgehead atoms. The second kappa shape index (κ2) is 8.57. The van der Waals surface area contributed by atoms with Crippen LogP contribution in [-0.4, -0.2) is 46.4 Å². The minimum Gasteiger partial charge on any atom is -0.333 e. The van der Waals surface area contributed by atoms with Gasteiger partial charge in [0.25, 0.3) is 0 Å². The molecule has 29 heavy (non-hydrogen) atoms. The van der Waals surface area contributed by atoms with Gasteiger partial charge in [-0.2, -0.15) is 0 Å². The predicted octanol–water partition coefficient (Wildman–Crippen LogP) is 4.44. The maximum absolute atomic E-state index is 13.4. The Morgan fingerprint density at radius 1 is 1.21 bits per heavy atom. The highest BCUT2D eigenvalue weighted by molar-refractivity contribution is 7.10. The van der Waals surface area contributed by atoms with Crippen molar-refractivity contribution in [1.82, 2.24) is 15.1 Å². The first-order chi connectivity index (χ1) is 13.7. The highest BCUT2D eigenvalue weighted by Gasteiger charge is 2.34. The number of thiophene rings is 1. The quantitative estimate of drug-likeness (QED) is 0.806. The Kier molecular flexibility index (Phi) is 6.32. The molecule has 0 spiro atoms. The van der Waals surface area contributed by atoms with Crippen molar-refractivity contribution in [2.24, 2.45) is 0 Å². The zero-order valence-corrected chi connectivity index (χ0v) is 18.8. The van der Waals surface area contributed by atoms with Gasteiger partial charge < -0.3 is 15.1 Å². The Morgan fingerprint density at radius 2 is 1.90 bits per heavy atom. The Labute approximate surface area is 177 Å². The number of carbonyl (C=O) groups excluding carboxylic acids is 2. The molecule has 0 fully saturated rings. The number of hydrogen-bond donors (Lipinski definition) is 1. The molecule has 156 valence electrons. The summed E-state index contributed by atoms with van der Waals surface area (Å²) < 4.78 is 0. The largest absolute Gasteiger partial charge is 0.333 e. The van der Waals surface area contributed by atoms with Crippen molar-refractivity contribution in [3.63, 3.8) is 0 Å². The molecule has 0 aliphatic carbocycles. The molecule has 0 saturated carbocycles. The van der Waals surface area contributed by atoms with Crippen LogP contribution in [0.5, 0.6) is 0 Å². The number of hydrogen-bond acceptors (Lipinski definition) is 3. The van der Waals surface area contributed by atoms with Gasteiger partial charge >= 0.3 is 6.03 Å². The highest BCUT2D eigenvalue weighted by atomic mass is 32.1. The maximum Gasteiger partial charge on any atom is 0.318 e. The van der Waals surface area contributed by atoms with Crippen molar-refractivity contribution in [1.29, 1.82) is 0 Å². The second-order valence-corrected chi connectivity index (χ2v) is 9.85. The zero-order valence-electron chi connectivity index (χ0n) is 17.9. The number of amides is 3. The minimum atomic E-state index is -0.351. The van der Waals surface area contributed by atoms with E-state index < -0.39 is 0 Å². The van der Waals surface area contributed by atoms with Gasteiger partial charge in [-0.25, -0.2) is 4.79 Å². The smallest absolute Gasteiger partial charge is 0.318 e. The van der Waals surface area contributed by atoms with E-state index in [2.05, 4.69) is 28.9 Å². The van der Waals surface area contributed by atoms with E-state index in [1.54, 1.807) is 16.2 Å². The first-order valence-electron chi connectivity index (χ1n) is 10.2. The molecular formula is C23H31N3O2S. The third kappa shape index (κ3) is 4.99. The van der Waals surface area contributed by atoms with E-state index in [1.807, 2.05) is 57.7 Å². The lowest BCUT2D eigenvalue weighted by Crippen LogP contribution is -2.54. The molecule has 1 aliphatic rings. The summed E-state index contributed by atoms with van der Waals surface area (Å²) in [5, 5.41) is 5.08. The van der Waals surface area contributed by atoms with Crippen molar-refractivity contribution < 1.29 is 9.59 Å². The molecule has 0 saturated heterocycles. The number of urea groups is 1. The Bertz CT molecular complexity index is 855. The van der Waals surface area contributed by atoms with Crippen LogP contribution < -0.4 is 5.32 Å². The number of benzene rings is 1. The van der Waals surface area contributed by atoms with E-state index in [-0.39, 0.29) is 36.1 Å². The summed E-state index contributed by atoms with van der Waals surface area (Å²) in [6.45, 7) is 10.5. The zero-order chi connectivity index (χ0) is 21.2. The van der Waals surface area contributed by atoms with Gasteiger partial charge in [-0.15, -0.1) is 11.3 Å². The number of nitrogens with zero attached hydrogens (tertiary/aromatic N) is 2. The summed E-state index contributed by atoms with van der Waals surface area (Å²) in [5.41, 5.74) is 1.96. The molecule has 1 aromatic heterocycles. The predicted molar refractivity (Wildman–Crippen MR) is 118 cm³/mol. The highest BCUT2D eigenvalue weighted by Crippen LogP contribution is 2.37. The topological polar surface area (TPSA) is 52.7 Å². The fourth-order valence-corrected chi connectivity index (χ4v) is 4.60. The number of fused-ring (bicyclic) bond motifs is 1. The van der Waals surface area contributed by atoms with Crippen molar-refractivity contribution in [2.45, 2.75) is 58.7 Å². The van der Waals surface area contributed by atoms with Crippen LogP contribution in [-0.2, 0) is 11.2 Å². The monoisotopic (exact) mass is 413 g/mol. The molecule has 1 aliphatic heterocycles. The third-order valence-corrected chi connectivity index (χ3v) is 6.07. The van der Waals surface area contributed by atoms with E-state index in [9.17, 15) is 9.59 Å². The summed E-state index contributed by atoms with van der Waals surface area (Å²) in [6.07, 6.45) is 0.859. The van der Waals surface area contributed by atoms with E-state index in [0.717, 1.165) is 12.0 Å². The van der Waals surface area contributed by atoms with Crippen LogP contribution in [0.2, 0.25) is 0 Å². The number of rotatable bonds is 4. The van der Waals surface area contributed by atoms with E-state index >= 15 is 0 Å². The van der Waals surface area contributed by atoms with Crippen LogP contribution in [0.1, 0.15) is 56.7 Å². The van der Waals surface area contributed by atoms with Crippen molar-refractivity contribution >= 4 is 23.3 Å². The van der Waals surface area contributed by atoms with Crippen LogP contribution in [0.3, 0.4) is 0 Å². The molecule has 1 aromatic carbocycles. The molecule has 0 unspecified atom stereocenters. The summed E-state index contributed by atoms with van der Waals surface area (Å²) in [6, 6.07) is 11.9. The van der Waals surface area contributed by atoms with Gasteiger partial charge in [-0.05, 0) is 63.6 Å². The van der Waals surface area contributed by atoms with E-state index in [4.69, 9.17) is 0 Å². The normalized spacial score (nSPS) is 16.5. The van der Waals surface area contributed by atoms with Crippen LogP contribution in [0, 0.1) is 0 Å². The molecule has 2 aromatic rings. The van der Waals surface area contributed by atoms with Gasteiger partial charge in [0.2, 0.25) is 5.91 Å². The van der Waals surface area contributed by atoms with E-state index in [1.165, 1.54) is 10.4 Å². The van der Waals surface area contributed by atoms with Gasteiger partial charge in [0, 0.05) is 23.0 Å². The fourth-order valence-electron chi connectivity index (χ4n) is 3.70.